The summed E-state index contributed by atoms with van der Waals surface area (Å²) in [5, 5.41) is 12.1. The summed E-state index contributed by atoms with van der Waals surface area (Å²) in [6, 6.07) is 9.96. The van der Waals surface area contributed by atoms with Crippen LogP contribution in [-0.4, -0.2) is 25.5 Å². The fourth-order valence-corrected chi connectivity index (χ4v) is 4.16. The number of hydrogen-bond donors (Lipinski definition) is 1. The molecule has 1 fully saturated rings. The minimum Gasteiger partial charge on any atom is -0.324 e. The van der Waals surface area contributed by atoms with Gasteiger partial charge in [-0.15, -0.1) is 0 Å². The molecule has 5 rings (SSSR count). The van der Waals surface area contributed by atoms with Gasteiger partial charge in [-0.1, -0.05) is 17.7 Å². The number of hydrogen-bond acceptors (Lipinski definition) is 4. The van der Waals surface area contributed by atoms with Crippen molar-refractivity contribution < 1.29 is 18.0 Å². The third-order valence-corrected chi connectivity index (χ3v) is 6.04. The minimum absolute atomic E-state index is 0.194. The smallest absolute Gasteiger partial charge is 0.324 e. The molecule has 2 aromatic carbocycles. The topological polar surface area (TPSA) is 81.8 Å². The SMILES string of the molecule is Cc1ccc(-n2ncc3c(C4CC4)nn(CC(=O)Nc4ccc(C(F)(F)F)cc4)c(=O)c32)c(C)c1. The second-order valence-corrected chi connectivity index (χ2v) is 8.85. The predicted octanol–water partition coefficient (Wildman–Crippen LogP) is 4.73. The second-order valence-electron chi connectivity index (χ2n) is 8.85. The normalized spacial score (nSPS) is 13.9. The van der Waals surface area contributed by atoms with Gasteiger partial charge in [0.1, 0.15) is 12.1 Å². The lowest BCUT2D eigenvalue weighted by atomic mass is 10.1. The number of anilines is 1. The van der Waals surface area contributed by atoms with E-state index in [2.05, 4.69) is 15.5 Å². The van der Waals surface area contributed by atoms with Crippen molar-refractivity contribution in [2.24, 2.45) is 0 Å². The van der Waals surface area contributed by atoms with Gasteiger partial charge in [0.2, 0.25) is 5.91 Å². The summed E-state index contributed by atoms with van der Waals surface area (Å²) in [6.45, 7) is 3.54. The number of rotatable bonds is 5. The first kappa shape index (κ1) is 22.8. The molecule has 2 aromatic heterocycles. The van der Waals surface area contributed by atoms with Crippen LogP contribution in [0.15, 0.2) is 53.5 Å². The van der Waals surface area contributed by atoms with E-state index in [1.807, 2.05) is 32.0 Å². The van der Waals surface area contributed by atoms with Crippen LogP contribution in [0.4, 0.5) is 18.9 Å². The molecule has 0 saturated heterocycles. The van der Waals surface area contributed by atoms with Gasteiger partial charge < -0.3 is 5.32 Å². The molecule has 1 aliphatic rings. The zero-order valence-electron chi connectivity index (χ0n) is 19.1. The first-order chi connectivity index (χ1) is 16.6. The van der Waals surface area contributed by atoms with Crippen LogP contribution >= 0.6 is 0 Å². The van der Waals surface area contributed by atoms with Crippen LogP contribution in [0.1, 0.15) is 41.1 Å². The number of fused-ring (bicyclic) bond motifs is 1. The van der Waals surface area contributed by atoms with Crippen LogP contribution in [0.5, 0.6) is 0 Å². The van der Waals surface area contributed by atoms with Gasteiger partial charge in [-0.25, -0.2) is 9.36 Å². The van der Waals surface area contributed by atoms with Crippen molar-refractivity contribution in [2.45, 2.75) is 45.3 Å². The van der Waals surface area contributed by atoms with E-state index in [9.17, 15) is 22.8 Å². The summed E-state index contributed by atoms with van der Waals surface area (Å²) in [4.78, 5) is 26.1. The molecule has 180 valence electrons. The number of amides is 1. The largest absolute Gasteiger partial charge is 0.416 e. The Labute approximate surface area is 198 Å². The molecule has 0 unspecified atom stereocenters. The van der Waals surface area contributed by atoms with Gasteiger partial charge in [0.25, 0.3) is 5.56 Å². The molecule has 0 aliphatic heterocycles. The fourth-order valence-electron chi connectivity index (χ4n) is 4.16. The molecule has 0 bridgehead atoms. The molecular weight excluding hydrogens is 459 g/mol. The fraction of sp³-hybridized carbons (Fsp3) is 0.280. The Morgan fingerprint density at radius 3 is 2.46 bits per heavy atom. The molecule has 0 radical (unpaired) electrons. The Hall–Kier alpha value is -3.95. The van der Waals surface area contributed by atoms with Crippen LogP contribution in [0, 0.1) is 13.8 Å². The number of carbonyl (C=O) groups is 1. The van der Waals surface area contributed by atoms with E-state index in [1.165, 1.54) is 12.1 Å². The lowest BCUT2D eigenvalue weighted by Gasteiger charge is -2.12. The van der Waals surface area contributed by atoms with Crippen molar-refractivity contribution in [3.05, 3.63) is 81.4 Å². The van der Waals surface area contributed by atoms with E-state index >= 15 is 0 Å². The molecule has 7 nitrogen and oxygen atoms in total. The van der Waals surface area contributed by atoms with Gasteiger partial charge in [0.05, 0.1) is 23.1 Å². The van der Waals surface area contributed by atoms with Crippen molar-refractivity contribution in [1.29, 1.82) is 0 Å². The molecule has 1 N–H and O–H groups in total. The maximum atomic E-state index is 13.4. The van der Waals surface area contributed by atoms with Crippen LogP contribution in [0.3, 0.4) is 0 Å². The van der Waals surface area contributed by atoms with Gasteiger partial charge in [-0.2, -0.15) is 23.4 Å². The van der Waals surface area contributed by atoms with Gasteiger partial charge in [-0.3, -0.25) is 9.59 Å². The van der Waals surface area contributed by atoms with Crippen LogP contribution in [-0.2, 0) is 17.5 Å². The summed E-state index contributed by atoms with van der Waals surface area (Å²) in [5.41, 5.74) is 2.77. The van der Waals surface area contributed by atoms with Crippen molar-refractivity contribution in [1.82, 2.24) is 19.6 Å². The van der Waals surface area contributed by atoms with Gasteiger partial charge >= 0.3 is 6.18 Å². The molecule has 0 atom stereocenters. The highest BCUT2D eigenvalue weighted by molar-refractivity contribution is 5.91. The highest BCUT2D eigenvalue weighted by Crippen LogP contribution is 2.41. The van der Waals surface area contributed by atoms with E-state index in [0.29, 0.717) is 10.9 Å². The number of aryl methyl sites for hydroxylation is 2. The minimum atomic E-state index is -4.47. The van der Waals surface area contributed by atoms with E-state index < -0.39 is 23.2 Å². The van der Waals surface area contributed by atoms with Gasteiger partial charge in [-0.05, 0) is 62.6 Å². The zero-order chi connectivity index (χ0) is 24.9. The van der Waals surface area contributed by atoms with Crippen molar-refractivity contribution in [3.8, 4) is 5.69 Å². The molecule has 2 heterocycles. The first-order valence-electron chi connectivity index (χ1n) is 11.2. The molecule has 1 saturated carbocycles. The average molecular weight is 481 g/mol. The van der Waals surface area contributed by atoms with E-state index in [-0.39, 0.29) is 18.2 Å². The third kappa shape index (κ3) is 4.43. The summed E-state index contributed by atoms with van der Waals surface area (Å²) in [7, 11) is 0. The number of halogens is 3. The highest BCUT2D eigenvalue weighted by Gasteiger charge is 2.31. The van der Waals surface area contributed by atoms with Crippen LogP contribution in [0.25, 0.3) is 16.6 Å². The zero-order valence-corrected chi connectivity index (χ0v) is 19.1. The van der Waals surface area contributed by atoms with Crippen molar-refractivity contribution >= 4 is 22.5 Å². The lowest BCUT2D eigenvalue weighted by molar-refractivity contribution is -0.137. The highest BCUT2D eigenvalue weighted by atomic mass is 19.4. The number of carbonyl (C=O) groups excluding carboxylic acids is 1. The molecule has 1 amide bonds. The van der Waals surface area contributed by atoms with Crippen LogP contribution in [0.2, 0.25) is 0 Å². The number of benzene rings is 2. The number of alkyl halides is 3. The number of nitrogens with zero attached hydrogens (tertiary/aromatic N) is 4. The van der Waals surface area contributed by atoms with Gasteiger partial charge in [0.15, 0.2) is 0 Å². The molecule has 10 heteroatoms. The third-order valence-electron chi connectivity index (χ3n) is 6.04. The molecular formula is C25H22F3N5O2. The quantitative estimate of drug-likeness (QED) is 0.447. The van der Waals surface area contributed by atoms with E-state index in [1.54, 1.807) is 10.9 Å². The summed E-state index contributed by atoms with van der Waals surface area (Å²) >= 11 is 0. The Morgan fingerprint density at radius 1 is 1.11 bits per heavy atom. The standard InChI is InChI=1S/C25H22F3N5O2/c1-14-3-10-20(15(2)11-14)33-23-19(12-29-33)22(16-4-5-16)31-32(24(23)35)13-21(34)30-18-8-6-17(7-9-18)25(26,27)28/h3,6-12,16H,4-5,13H2,1-2H3,(H,30,34). The lowest BCUT2D eigenvalue weighted by Crippen LogP contribution is -2.31. The molecule has 1 aliphatic carbocycles. The Kier molecular flexibility index (Phi) is 5.46. The van der Waals surface area contributed by atoms with Crippen LogP contribution < -0.4 is 10.9 Å². The maximum absolute atomic E-state index is 13.4. The molecule has 35 heavy (non-hydrogen) atoms. The number of aromatic nitrogens is 4. The molecule has 4 aromatic rings. The Balaban J connectivity index is 1.50. The Morgan fingerprint density at radius 2 is 1.83 bits per heavy atom. The van der Waals surface area contributed by atoms with Gasteiger partial charge in [0, 0.05) is 17.0 Å². The first-order valence-corrected chi connectivity index (χ1v) is 11.2. The summed E-state index contributed by atoms with van der Waals surface area (Å²) in [6.07, 6.45) is -0.948. The maximum Gasteiger partial charge on any atom is 0.416 e. The summed E-state index contributed by atoms with van der Waals surface area (Å²) in [5.74, 6) is -0.378. The summed E-state index contributed by atoms with van der Waals surface area (Å²) < 4.78 is 41.0. The van der Waals surface area contributed by atoms with E-state index in [4.69, 9.17) is 0 Å². The van der Waals surface area contributed by atoms with Crippen molar-refractivity contribution in [3.63, 3.8) is 0 Å². The average Bonchev–Trinajstić information content (AvgIpc) is 3.54. The molecule has 0 spiro atoms. The predicted molar refractivity (Wildman–Crippen MR) is 125 cm³/mol. The van der Waals surface area contributed by atoms with E-state index in [0.717, 1.165) is 52.2 Å². The Bertz CT molecular complexity index is 1500. The van der Waals surface area contributed by atoms with Crippen molar-refractivity contribution in [2.75, 3.05) is 5.32 Å². The number of nitrogens with one attached hydrogen (secondary N) is 1. The monoisotopic (exact) mass is 481 g/mol. The second kappa shape index (κ2) is 8.37.